The molecule has 3 heteroatoms. The monoisotopic (exact) mass is 221 g/mol. The summed E-state index contributed by atoms with van der Waals surface area (Å²) in [7, 11) is 0. The first-order valence-electron chi connectivity index (χ1n) is 6.16. The number of H-pyrrole nitrogens is 1. The maximum Gasteiger partial charge on any atom is 0.339 e. The third-order valence-corrected chi connectivity index (χ3v) is 3.32. The fourth-order valence-corrected chi connectivity index (χ4v) is 2.51. The van der Waals surface area contributed by atoms with Gasteiger partial charge in [-0.1, -0.05) is 19.3 Å². The van der Waals surface area contributed by atoms with Gasteiger partial charge in [0.1, 0.15) is 0 Å². The van der Waals surface area contributed by atoms with E-state index in [1.165, 1.54) is 32.1 Å². The number of aromatic nitrogens is 1. The second-order valence-electron chi connectivity index (χ2n) is 4.38. The fourth-order valence-electron chi connectivity index (χ4n) is 2.51. The van der Waals surface area contributed by atoms with Crippen LogP contribution in [0.25, 0.3) is 0 Å². The van der Waals surface area contributed by atoms with Gasteiger partial charge in [-0.15, -0.1) is 0 Å². The van der Waals surface area contributed by atoms with Crippen LogP contribution in [0.5, 0.6) is 0 Å². The summed E-state index contributed by atoms with van der Waals surface area (Å²) in [6.45, 7) is 2.28. The van der Waals surface area contributed by atoms with Gasteiger partial charge in [0, 0.05) is 12.4 Å². The Morgan fingerprint density at radius 2 is 2.12 bits per heavy atom. The van der Waals surface area contributed by atoms with Gasteiger partial charge in [0.05, 0.1) is 12.2 Å². The Bertz CT molecular complexity index is 351. The smallest absolute Gasteiger partial charge is 0.339 e. The highest BCUT2D eigenvalue weighted by Crippen LogP contribution is 2.34. The molecule has 1 fully saturated rings. The van der Waals surface area contributed by atoms with Crippen molar-refractivity contribution >= 4 is 5.97 Å². The summed E-state index contributed by atoms with van der Waals surface area (Å²) in [5, 5.41) is 0. The average molecular weight is 221 g/mol. The van der Waals surface area contributed by atoms with Gasteiger partial charge >= 0.3 is 5.97 Å². The molecule has 1 aromatic rings. The topological polar surface area (TPSA) is 42.1 Å². The zero-order chi connectivity index (χ0) is 11.4. The highest BCUT2D eigenvalue weighted by atomic mass is 16.5. The summed E-state index contributed by atoms with van der Waals surface area (Å²) in [6.07, 6.45) is 10.0. The second kappa shape index (κ2) is 5.19. The summed E-state index contributed by atoms with van der Waals surface area (Å²) in [5.74, 6) is 0.351. The zero-order valence-corrected chi connectivity index (χ0v) is 9.79. The Hall–Kier alpha value is -1.25. The van der Waals surface area contributed by atoms with E-state index in [-0.39, 0.29) is 5.97 Å². The predicted octanol–water partition coefficient (Wildman–Crippen LogP) is 3.24. The van der Waals surface area contributed by atoms with E-state index in [1.807, 2.05) is 13.1 Å². The van der Waals surface area contributed by atoms with E-state index in [4.69, 9.17) is 4.74 Å². The minimum atomic E-state index is -0.190. The molecule has 3 nitrogen and oxygen atoms in total. The number of aromatic amines is 1. The Labute approximate surface area is 96.2 Å². The van der Waals surface area contributed by atoms with Crippen LogP contribution in [0.2, 0.25) is 0 Å². The van der Waals surface area contributed by atoms with E-state index in [9.17, 15) is 4.79 Å². The number of hydrogen-bond donors (Lipinski definition) is 1. The second-order valence-corrected chi connectivity index (χ2v) is 4.38. The third kappa shape index (κ3) is 2.29. The summed E-state index contributed by atoms with van der Waals surface area (Å²) in [5.41, 5.74) is 1.88. The van der Waals surface area contributed by atoms with E-state index >= 15 is 0 Å². The van der Waals surface area contributed by atoms with E-state index in [1.54, 1.807) is 6.20 Å². The van der Waals surface area contributed by atoms with Gasteiger partial charge in [0.2, 0.25) is 0 Å². The van der Waals surface area contributed by atoms with Crippen LogP contribution in [-0.4, -0.2) is 17.6 Å². The lowest BCUT2D eigenvalue weighted by atomic mass is 9.84. The van der Waals surface area contributed by atoms with Crippen LogP contribution < -0.4 is 0 Å². The number of ether oxygens (including phenoxy) is 1. The maximum atomic E-state index is 11.7. The number of hydrogen-bond acceptors (Lipinski definition) is 2. The van der Waals surface area contributed by atoms with Crippen molar-refractivity contribution in [1.82, 2.24) is 4.98 Å². The van der Waals surface area contributed by atoms with Gasteiger partial charge in [-0.3, -0.25) is 0 Å². The van der Waals surface area contributed by atoms with E-state index in [0.29, 0.717) is 12.5 Å². The van der Waals surface area contributed by atoms with E-state index in [2.05, 4.69) is 4.98 Å². The molecule has 2 rings (SSSR count). The van der Waals surface area contributed by atoms with Crippen molar-refractivity contribution in [3.05, 3.63) is 23.5 Å². The van der Waals surface area contributed by atoms with Gasteiger partial charge < -0.3 is 9.72 Å². The molecule has 0 unspecified atom stereocenters. The molecule has 0 saturated heterocycles. The molecule has 0 aromatic carbocycles. The molecule has 16 heavy (non-hydrogen) atoms. The Morgan fingerprint density at radius 3 is 2.81 bits per heavy atom. The molecule has 1 heterocycles. The van der Waals surface area contributed by atoms with Crippen LogP contribution in [0.3, 0.4) is 0 Å². The van der Waals surface area contributed by atoms with Crippen molar-refractivity contribution in [3.8, 4) is 0 Å². The van der Waals surface area contributed by atoms with Crippen LogP contribution in [-0.2, 0) is 4.74 Å². The molecular formula is C13H19NO2. The average Bonchev–Trinajstić information content (AvgIpc) is 2.79. The molecule has 0 aliphatic heterocycles. The van der Waals surface area contributed by atoms with Crippen molar-refractivity contribution in [2.45, 2.75) is 44.9 Å². The largest absolute Gasteiger partial charge is 0.462 e. The number of carbonyl (C=O) groups is 1. The SMILES string of the molecule is CCOC(=O)c1c[nH]cc1C1CCCCC1. The van der Waals surface area contributed by atoms with Crippen molar-refractivity contribution in [2.75, 3.05) is 6.61 Å². The van der Waals surface area contributed by atoms with Crippen molar-refractivity contribution in [3.63, 3.8) is 0 Å². The van der Waals surface area contributed by atoms with Gasteiger partial charge in [0.15, 0.2) is 0 Å². The van der Waals surface area contributed by atoms with Gasteiger partial charge in [-0.2, -0.15) is 0 Å². The molecule has 0 spiro atoms. The molecule has 1 aliphatic rings. The predicted molar refractivity (Wildman–Crippen MR) is 62.6 cm³/mol. The Kier molecular flexibility index (Phi) is 3.65. The molecule has 0 atom stereocenters. The molecule has 1 N–H and O–H groups in total. The van der Waals surface area contributed by atoms with E-state index in [0.717, 1.165) is 11.1 Å². The molecular weight excluding hydrogens is 202 g/mol. The van der Waals surface area contributed by atoms with Crippen molar-refractivity contribution in [2.24, 2.45) is 0 Å². The van der Waals surface area contributed by atoms with Crippen LogP contribution in [0, 0.1) is 0 Å². The summed E-state index contributed by atoms with van der Waals surface area (Å²) in [4.78, 5) is 14.8. The fraction of sp³-hybridized carbons (Fsp3) is 0.615. The van der Waals surface area contributed by atoms with E-state index < -0.39 is 0 Å². The van der Waals surface area contributed by atoms with Crippen molar-refractivity contribution in [1.29, 1.82) is 0 Å². The first kappa shape index (κ1) is 11.2. The molecule has 88 valence electrons. The van der Waals surface area contributed by atoms with Crippen molar-refractivity contribution < 1.29 is 9.53 Å². The summed E-state index contributed by atoms with van der Waals surface area (Å²) in [6, 6.07) is 0. The molecule has 1 aliphatic carbocycles. The number of esters is 1. The number of nitrogens with one attached hydrogen (secondary N) is 1. The summed E-state index contributed by atoms with van der Waals surface area (Å²) < 4.78 is 5.06. The number of carbonyl (C=O) groups excluding carboxylic acids is 1. The van der Waals surface area contributed by atoms with Crippen LogP contribution in [0.4, 0.5) is 0 Å². The quantitative estimate of drug-likeness (QED) is 0.796. The number of rotatable bonds is 3. The molecule has 1 aromatic heterocycles. The molecule has 0 amide bonds. The lowest BCUT2D eigenvalue weighted by molar-refractivity contribution is 0.0524. The van der Waals surface area contributed by atoms with Crippen LogP contribution in [0.1, 0.15) is 60.9 Å². The highest BCUT2D eigenvalue weighted by Gasteiger charge is 2.22. The van der Waals surface area contributed by atoms with Gasteiger partial charge in [0.25, 0.3) is 0 Å². The van der Waals surface area contributed by atoms with Crippen LogP contribution in [0.15, 0.2) is 12.4 Å². The van der Waals surface area contributed by atoms with Crippen LogP contribution >= 0.6 is 0 Å². The highest BCUT2D eigenvalue weighted by molar-refractivity contribution is 5.91. The lowest BCUT2D eigenvalue weighted by Crippen LogP contribution is -2.11. The Balaban J connectivity index is 2.14. The standard InChI is InChI=1S/C13H19NO2/c1-2-16-13(15)12-9-14-8-11(12)10-6-4-3-5-7-10/h8-10,14H,2-7H2,1H3. The van der Waals surface area contributed by atoms with Gasteiger partial charge in [-0.25, -0.2) is 4.79 Å². The molecule has 1 saturated carbocycles. The maximum absolute atomic E-state index is 11.7. The normalized spacial score (nSPS) is 17.3. The minimum Gasteiger partial charge on any atom is -0.462 e. The molecule has 0 bridgehead atoms. The lowest BCUT2D eigenvalue weighted by Gasteiger charge is -2.21. The first-order chi connectivity index (χ1) is 7.83. The van der Waals surface area contributed by atoms with Gasteiger partial charge in [-0.05, 0) is 31.2 Å². The minimum absolute atomic E-state index is 0.190. The Morgan fingerprint density at radius 1 is 1.38 bits per heavy atom. The zero-order valence-electron chi connectivity index (χ0n) is 9.79. The third-order valence-electron chi connectivity index (χ3n) is 3.32. The first-order valence-corrected chi connectivity index (χ1v) is 6.16. The molecule has 0 radical (unpaired) electrons. The summed E-state index contributed by atoms with van der Waals surface area (Å²) >= 11 is 0.